The maximum absolute atomic E-state index is 9.92. The van der Waals surface area contributed by atoms with Crippen molar-refractivity contribution in [3.63, 3.8) is 0 Å². The number of benzene rings is 1. The smallest absolute Gasteiger partial charge is 0.0595 e. The second-order valence-corrected chi connectivity index (χ2v) is 7.22. The van der Waals surface area contributed by atoms with Crippen LogP contribution in [-0.4, -0.2) is 11.2 Å². The summed E-state index contributed by atoms with van der Waals surface area (Å²) in [4.78, 5) is 0. The summed E-state index contributed by atoms with van der Waals surface area (Å²) < 4.78 is 0. The van der Waals surface area contributed by atoms with Crippen LogP contribution < -0.4 is 0 Å². The van der Waals surface area contributed by atoms with Gasteiger partial charge in [-0.1, -0.05) is 56.0 Å². The summed E-state index contributed by atoms with van der Waals surface area (Å²) in [5.74, 6) is 0.646. The van der Waals surface area contributed by atoms with Gasteiger partial charge in [0.25, 0.3) is 0 Å². The fourth-order valence-electron chi connectivity index (χ4n) is 4.08. The van der Waals surface area contributed by atoms with E-state index >= 15 is 0 Å². The summed E-state index contributed by atoms with van der Waals surface area (Å²) in [6.45, 7) is 4.54. The van der Waals surface area contributed by atoms with Crippen molar-refractivity contribution >= 4 is 23.2 Å². The van der Waals surface area contributed by atoms with Gasteiger partial charge in [0.2, 0.25) is 0 Å². The van der Waals surface area contributed by atoms with Gasteiger partial charge in [0.15, 0.2) is 0 Å². The van der Waals surface area contributed by atoms with E-state index in [4.69, 9.17) is 23.2 Å². The zero-order valence-corrected chi connectivity index (χ0v) is 14.6. The summed E-state index contributed by atoms with van der Waals surface area (Å²) in [6.07, 6.45) is 7.33. The predicted octanol–water partition coefficient (Wildman–Crippen LogP) is 5.99. The minimum Gasteiger partial charge on any atom is -0.393 e. The molecule has 0 radical (unpaired) electrons. The van der Waals surface area contributed by atoms with Gasteiger partial charge < -0.3 is 5.11 Å². The van der Waals surface area contributed by atoms with Gasteiger partial charge in [0.1, 0.15) is 0 Å². The molecular weight excluding hydrogens is 303 g/mol. The number of aliphatic hydroxyl groups is 1. The van der Waals surface area contributed by atoms with Crippen molar-refractivity contribution in [1.82, 2.24) is 0 Å². The number of halogens is 2. The predicted molar refractivity (Wildman–Crippen MR) is 91.3 cm³/mol. The third-order valence-corrected chi connectivity index (χ3v) is 5.99. The highest BCUT2D eigenvalue weighted by atomic mass is 35.5. The van der Waals surface area contributed by atoms with Crippen molar-refractivity contribution in [3.05, 3.63) is 33.8 Å². The van der Waals surface area contributed by atoms with E-state index < -0.39 is 0 Å². The molecule has 21 heavy (non-hydrogen) atoms. The molecule has 0 aromatic heterocycles. The zero-order valence-electron chi connectivity index (χ0n) is 13.0. The molecule has 118 valence electrons. The first-order chi connectivity index (χ1) is 10.0. The number of aliphatic hydroxyl groups excluding tert-OH is 1. The molecule has 1 nitrogen and oxygen atoms in total. The Bertz CT molecular complexity index is 464. The molecule has 0 aliphatic heterocycles. The van der Waals surface area contributed by atoms with Crippen LogP contribution in [0.5, 0.6) is 0 Å². The molecule has 1 N–H and O–H groups in total. The minimum absolute atomic E-state index is 0.139. The molecule has 1 aromatic rings. The lowest BCUT2D eigenvalue weighted by Crippen LogP contribution is -2.40. The molecule has 1 atom stereocenters. The second-order valence-electron chi connectivity index (χ2n) is 6.41. The fourth-order valence-corrected chi connectivity index (χ4v) is 4.37. The molecule has 1 fully saturated rings. The molecule has 1 aliphatic carbocycles. The van der Waals surface area contributed by atoms with Crippen LogP contribution in [0.15, 0.2) is 18.2 Å². The summed E-state index contributed by atoms with van der Waals surface area (Å²) in [6, 6.07) is 6.12. The lowest BCUT2D eigenvalue weighted by atomic mass is 9.60. The Morgan fingerprint density at radius 2 is 1.86 bits per heavy atom. The Balaban J connectivity index is 2.41. The molecule has 1 aromatic carbocycles. The molecule has 0 bridgehead atoms. The highest BCUT2D eigenvalue weighted by Gasteiger charge is 2.41. The molecule has 0 amide bonds. The lowest BCUT2D eigenvalue weighted by Gasteiger charge is -2.45. The molecular formula is C18H26Cl2O. The molecule has 2 rings (SSSR count). The zero-order chi connectivity index (χ0) is 15.5. The van der Waals surface area contributed by atoms with Gasteiger partial charge in [-0.25, -0.2) is 0 Å². The van der Waals surface area contributed by atoms with Crippen molar-refractivity contribution in [2.24, 2.45) is 5.92 Å². The van der Waals surface area contributed by atoms with E-state index in [1.807, 2.05) is 6.07 Å². The maximum atomic E-state index is 9.92. The largest absolute Gasteiger partial charge is 0.393 e. The van der Waals surface area contributed by atoms with Gasteiger partial charge in [-0.3, -0.25) is 0 Å². The highest BCUT2D eigenvalue weighted by molar-refractivity contribution is 6.42. The minimum atomic E-state index is -0.139. The van der Waals surface area contributed by atoms with Crippen LogP contribution in [0.1, 0.15) is 64.4 Å². The van der Waals surface area contributed by atoms with E-state index in [2.05, 4.69) is 26.0 Å². The average molecular weight is 329 g/mol. The van der Waals surface area contributed by atoms with Crippen LogP contribution in [0.3, 0.4) is 0 Å². The van der Waals surface area contributed by atoms with Gasteiger partial charge in [-0.15, -0.1) is 0 Å². The molecule has 0 heterocycles. The lowest BCUT2D eigenvalue weighted by molar-refractivity contribution is 0.0668. The first-order valence-corrected chi connectivity index (χ1v) is 8.92. The Labute approximate surface area is 138 Å². The van der Waals surface area contributed by atoms with Crippen LogP contribution in [0.2, 0.25) is 10.0 Å². The van der Waals surface area contributed by atoms with E-state index in [-0.39, 0.29) is 11.5 Å². The van der Waals surface area contributed by atoms with Crippen molar-refractivity contribution in [2.45, 2.75) is 70.3 Å². The monoisotopic (exact) mass is 328 g/mol. The summed E-state index contributed by atoms with van der Waals surface area (Å²) in [5.41, 5.74) is 1.46. The number of hydrogen-bond donors (Lipinski definition) is 1. The van der Waals surface area contributed by atoms with Crippen molar-refractivity contribution in [1.29, 1.82) is 0 Å². The maximum Gasteiger partial charge on any atom is 0.0595 e. The van der Waals surface area contributed by atoms with Gasteiger partial charge in [0.05, 0.1) is 16.1 Å². The van der Waals surface area contributed by atoms with Crippen LogP contribution >= 0.6 is 23.2 Å². The first kappa shape index (κ1) is 17.1. The Hall–Kier alpha value is -0.240. The van der Waals surface area contributed by atoms with Crippen LogP contribution in [0.25, 0.3) is 0 Å². The standard InChI is InChI=1S/C18H26Cl2O/c1-3-5-13(4-2)18(10-8-15(21)9-11-18)14-6-7-16(19)17(20)12-14/h6-7,12-13,15,21H,3-5,8-11H2,1-2H3/t13-,15-,18-/m1/s1. The SMILES string of the molecule is CCC[C@@H](CC)[C@]1(c2ccc(Cl)c(Cl)c2)CC[C@H](O)CC1. The van der Waals surface area contributed by atoms with E-state index in [1.165, 1.54) is 24.8 Å². The van der Waals surface area contributed by atoms with Crippen molar-refractivity contribution in [3.8, 4) is 0 Å². The highest BCUT2D eigenvalue weighted by Crippen LogP contribution is 2.49. The van der Waals surface area contributed by atoms with E-state index in [9.17, 15) is 5.11 Å². The van der Waals surface area contributed by atoms with Crippen molar-refractivity contribution < 1.29 is 5.11 Å². The number of rotatable bonds is 5. The van der Waals surface area contributed by atoms with Crippen molar-refractivity contribution in [2.75, 3.05) is 0 Å². The first-order valence-electron chi connectivity index (χ1n) is 8.17. The Kier molecular flexibility index (Phi) is 5.99. The molecule has 0 spiro atoms. The molecule has 3 heteroatoms. The van der Waals surface area contributed by atoms with E-state index in [1.54, 1.807) is 0 Å². The van der Waals surface area contributed by atoms with Gasteiger partial charge >= 0.3 is 0 Å². The average Bonchev–Trinajstić information content (AvgIpc) is 2.49. The normalized spacial score (nSPS) is 27.6. The van der Waals surface area contributed by atoms with Gasteiger partial charge in [-0.05, 0) is 61.1 Å². The number of hydrogen-bond acceptors (Lipinski definition) is 1. The quantitative estimate of drug-likeness (QED) is 0.703. The van der Waals surface area contributed by atoms with Crippen LogP contribution in [0, 0.1) is 5.92 Å². The topological polar surface area (TPSA) is 20.2 Å². The third-order valence-electron chi connectivity index (χ3n) is 5.25. The summed E-state index contributed by atoms with van der Waals surface area (Å²) >= 11 is 12.4. The molecule has 0 unspecified atom stereocenters. The van der Waals surface area contributed by atoms with E-state index in [0.717, 1.165) is 25.7 Å². The van der Waals surface area contributed by atoms with Crippen LogP contribution in [0.4, 0.5) is 0 Å². The summed E-state index contributed by atoms with van der Waals surface area (Å²) in [7, 11) is 0. The Morgan fingerprint density at radius 1 is 1.19 bits per heavy atom. The summed E-state index contributed by atoms with van der Waals surface area (Å²) in [5, 5.41) is 11.2. The fraction of sp³-hybridized carbons (Fsp3) is 0.667. The Morgan fingerprint density at radius 3 is 2.38 bits per heavy atom. The molecule has 1 aliphatic rings. The van der Waals surface area contributed by atoms with Gasteiger partial charge in [0, 0.05) is 0 Å². The third kappa shape index (κ3) is 3.57. The second kappa shape index (κ2) is 7.35. The van der Waals surface area contributed by atoms with Gasteiger partial charge in [-0.2, -0.15) is 0 Å². The van der Waals surface area contributed by atoms with E-state index in [0.29, 0.717) is 16.0 Å². The molecule has 1 saturated carbocycles. The van der Waals surface area contributed by atoms with Crippen LogP contribution in [-0.2, 0) is 5.41 Å². The molecule has 0 saturated heterocycles.